The van der Waals surface area contributed by atoms with Gasteiger partial charge >= 0.3 is 0 Å². The zero-order chi connectivity index (χ0) is 19.4. The van der Waals surface area contributed by atoms with Crippen LogP contribution in [-0.2, 0) is 4.79 Å². The number of benzene rings is 1. The van der Waals surface area contributed by atoms with Crippen LogP contribution >= 0.6 is 0 Å². The number of pyridine rings is 1. The van der Waals surface area contributed by atoms with E-state index in [2.05, 4.69) is 15.4 Å². The molecule has 1 N–H and O–H groups in total. The topological polar surface area (TPSA) is 93.9 Å². The number of ketones is 1. The molecular weight excluding hydrogens is 344 g/mol. The number of Topliss-reactive ketones (excluding diaryl/α,β-unsaturated/α-hetero) is 1. The molecule has 3 aromatic rings. The number of anilines is 1. The Bertz CT molecular complexity index is 1030. The molecule has 2 heterocycles. The minimum absolute atomic E-state index is 0.0510. The molecular formula is C20H18N4O3. The number of carbonyl (C=O) groups is 2. The van der Waals surface area contributed by atoms with Crippen LogP contribution in [-0.4, -0.2) is 26.5 Å². The fourth-order valence-corrected chi connectivity index (χ4v) is 2.53. The lowest BCUT2D eigenvalue weighted by atomic mass is 10.1. The van der Waals surface area contributed by atoms with Gasteiger partial charge in [0, 0.05) is 35.3 Å². The van der Waals surface area contributed by atoms with Crippen LogP contribution < -0.4 is 10.9 Å². The van der Waals surface area contributed by atoms with E-state index in [1.165, 1.54) is 13.0 Å². The molecule has 1 amide bonds. The molecule has 1 atom stereocenters. The van der Waals surface area contributed by atoms with E-state index in [0.29, 0.717) is 16.9 Å². The van der Waals surface area contributed by atoms with Gasteiger partial charge in [-0.25, -0.2) is 4.68 Å². The van der Waals surface area contributed by atoms with Gasteiger partial charge in [-0.15, -0.1) is 0 Å². The monoisotopic (exact) mass is 362 g/mol. The van der Waals surface area contributed by atoms with Crippen molar-refractivity contribution < 1.29 is 9.59 Å². The van der Waals surface area contributed by atoms with Gasteiger partial charge in [-0.05, 0) is 56.3 Å². The molecule has 27 heavy (non-hydrogen) atoms. The van der Waals surface area contributed by atoms with Crippen LogP contribution in [0.1, 0.15) is 30.2 Å². The summed E-state index contributed by atoms with van der Waals surface area (Å²) in [6.07, 6.45) is 3.26. The van der Waals surface area contributed by atoms with Gasteiger partial charge in [0.05, 0.1) is 5.69 Å². The SMILES string of the molecule is CC(=O)c1ccc(NC(=O)C(C)n2nc(-c3ccncc3)ccc2=O)cc1. The molecule has 0 aliphatic rings. The second-order valence-corrected chi connectivity index (χ2v) is 6.04. The Kier molecular flexibility index (Phi) is 5.21. The Morgan fingerprint density at radius 1 is 1.00 bits per heavy atom. The average Bonchev–Trinajstić information content (AvgIpc) is 2.69. The first-order valence-electron chi connectivity index (χ1n) is 8.38. The highest BCUT2D eigenvalue weighted by atomic mass is 16.2. The molecule has 136 valence electrons. The summed E-state index contributed by atoms with van der Waals surface area (Å²) >= 11 is 0. The molecule has 1 aromatic carbocycles. The maximum atomic E-state index is 12.5. The third-order valence-electron chi connectivity index (χ3n) is 4.11. The van der Waals surface area contributed by atoms with Gasteiger partial charge in [-0.2, -0.15) is 5.10 Å². The van der Waals surface area contributed by atoms with Gasteiger partial charge in [0.2, 0.25) is 5.91 Å². The highest BCUT2D eigenvalue weighted by molar-refractivity contribution is 5.96. The lowest BCUT2D eigenvalue weighted by Gasteiger charge is -2.15. The van der Waals surface area contributed by atoms with Gasteiger partial charge in [0.15, 0.2) is 5.78 Å². The van der Waals surface area contributed by atoms with E-state index in [1.54, 1.807) is 61.8 Å². The van der Waals surface area contributed by atoms with Crippen LogP contribution in [0.5, 0.6) is 0 Å². The van der Waals surface area contributed by atoms with Gasteiger partial charge in [0.1, 0.15) is 6.04 Å². The third-order valence-corrected chi connectivity index (χ3v) is 4.11. The molecule has 0 fully saturated rings. The second kappa shape index (κ2) is 7.74. The quantitative estimate of drug-likeness (QED) is 0.704. The third kappa shape index (κ3) is 4.14. The van der Waals surface area contributed by atoms with Crippen LogP contribution in [0.2, 0.25) is 0 Å². The summed E-state index contributed by atoms with van der Waals surface area (Å²) in [5.74, 6) is -0.433. The fraction of sp³-hybridized carbons (Fsp3) is 0.150. The first-order chi connectivity index (χ1) is 13.0. The Balaban J connectivity index is 1.82. The standard InChI is InChI=1S/C20H18N4O3/c1-13(20(27)22-17-5-3-15(4-6-17)14(2)25)24-19(26)8-7-18(23-24)16-9-11-21-12-10-16/h3-13H,1-2H3,(H,22,27). The summed E-state index contributed by atoms with van der Waals surface area (Å²) in [6, 6.07) is 12.3. The van der Waals surface area contributed by atoms with Crippen molar-refractivity contribution in [3.05, 3.63) is 76.8 Å². The van der Waals surface area contributed by atoms with Crippen molar-refractivity contribution in [2.75, 3.05) is 5.32 Å². The molecule has 1 unspecified atom stereocenters. The van der Waals surface area contributed by atoms with Gasteiger partial charge in [-0.1, -0.05) is 0 Å². The number of nitrogens with one attached hydrogen (secondary N) is 1. The van der Waals surface area contributed by atoms with Crippen molar-refractivity contribution in [2.45, 2.75) is 19.9 Å². The molecule has 2 aromatic heterocycles. The molecule has 0 bridgehead atoms. The number of hydrogen-bond acceptors (Lipinski definition) is 5. The minimum Gasteiger partial charge on any atom is -0.324 e. The number of carbonyl (C=O) groups excluding carboxylic acids is 2. The van der Waals surface area contributed by atoms with E-state index in [1.807, 2.05) is 0 Å². The fourth-order valence-electron chi connectivity index (χ4n) is 2.53. The molecule has 7 nitrogen and oxygen atoms in total. The van der Waals surface area contributed by atoms with Gasteiger partial charge in [-0.3, -0.25) is 19.4 Å². The first kappa shape index (κ1) is 18.2. The summed E-state index contributed by atoms with van der Waals surface area (Å²) in [4.78, 5) is 40.0. The first-order valence-corrected chi connectivity index (χ1v) is 8.38. The van der Waals surface area contributed by atoms with Crippen LogP contribution in [0.15, 0.2) is 65.7 Å². The van der Waals surface area contributed by atoms with E-state index in [0.717, 1.165) is 10.2 Å². The molecule has 0 saturated carbocycles. The summed E-state index contributed by atoms with van der Waals surface area (Å²) in [5, 5.41) is 7.05. The Morgan fingerprint density at radius 3 is 2.30 bits per heavy atom. The normalized spacial score (nSPS) is 11.6. The Labute approximate surface area is 155 Å². The van der Waals surface area contributed by atoms with Crippen molar-refractivity contribution >= 4 is 17.4 Å². The lowest BCUT2D eigenvalue weighted by Crippen LogP contribution is -2.33. The Morgan fingerprint density at radius 2 is 1.67 bits per heavy atom. The number of aromatic nitrogens is 3. The van der Waals surface area contributed by atoms with E-state index >= 15 is 0 Å². The average molecular weight is 362 g/mol. The molecule has 0 radical (unpaired) electrons. The maximum absolute atomic E-state index is 12.5. The molecule has 7 heteroatoms. The summed E-state index contributed by atoms with van der Waals surface area (Å²) in [6.45, 7) is 3.08. The van der Waals surface area contributed by atoms with Crippen molar-refractivity contribution in [1.82, 2.24) is 14.8 Å². The Hall–Kier alpha value is -3.61. The lowest BCUT2D eigenvalue weighted by molar-refractivity contribution is -0.119. The smallest absolute Gasteiger partial charge is 0.267 e. The predicted molar refractivity (Wildman–Crippen MR) is 102 cm³/mol. The number of hydrogen-bond donors (Lipinski definition) is 1. The predicted octanol–water partition coefficient (Wildman–Crippen LogP) is 2.71. The molecule has 0 spiro atoms. The summed E-state index contributed by atoms with van der Waals surface area (Å²) in [7, 11) is 0. The van der Waals surface area contributed by atoms with Crippen molar-refractivity contribution in [3.8, 4) is 11.3 Å². The van der Waals surface area contributed by atoms with E-state index in [9.17, 15) is 14.4 Å². The maximum Gasteiger partial charge on any atom is 0.267 e. The molecule has 0 aliphatic carbocycles. The number of nitrogens with zero attached hydrogens (tertiary/aromatic N) is 3. The molecule has 0 aliphatic heterocycles. The second-order valence-electron chi connectivity index (χ2n) is 6.04. The van der Waals surface area contributed by atoms with Crippen molar-refractivity contribution in [2.24, 2.45) is 0 Å². The molecule has 3 rings (SSSR count). The number of rotatable bonds is 5. The van der Waals surface area contributed by atoms with Gasteiger partial charge in [0.25, 0.3) is 5.56 Å². The zero-order valence-electron chi connectivity index (χ0n) is 14.9. The summed E-state index contributed by atoms with van der Waals surface area (Å²) in [5.41, 5.74) is 2.09. The van der Waals surface area contributed by atoms with E-state index in [4.69, 9.17) is 0 Å². The zero-order valence-corrected chi connectivity index (χ0v) is 14.9. The van der Waals surface area contributed by atoms with E-state index in [-0.39, 0.29) is 17.2 Å². The van der Waals surface area contributed by atoms with Crippen LogP contribution in [0.25, 0.3) is 11.3 Å². The summed E-state index contributed by atoms with van der Waals surface area (Å²) < 4.78 is 1.15. The minimum atomic E-state index is -0.813. The van der Waals surface area contributed by atoms with Gasteiger partial charge < -0.3 is 5.32 Å². The van der Waals surface area contributed by atoms with Crippen molar-refractivity contribution in [3.63, 3.8) is 0 Å². The number of amides is 1. The van der Waals surface area contributed by atoms with Crippen LogP contribution in [0, 0.1) is 0 Å². The molecule has 0 saturated heterocycles. The highest BCUT2D eigenvalue weighted by Crippen LogP contribution is 2.16. The van der Waals surface area contributed by atoms with Crippen LogP contribution in [0.3, 0.4) is 0 Å². The van der Waals surface area contributed by atoms with Crippen LogP contribution in [0.4, 0.5) is 5.69 Å². The van der Waals surface area contributed by atoms with Crippen molar-refractivity contribution in [1.29, 1.82) is 0 Å². The highest BCUT2D eigenvalue weighted by Gasteiger charge is 2.18. The largest absolute Gasteiger partial charge is 0.324 e. The van der Waals surface area contributed by atoms with E-state index < -0.39 is 6.04 Å².